The maximum absolute atomic E-state index is 10.3. The number of carboxylic acid groups (broad SMARTS) is 1. The van der Waals surface area contributed by atoms with Crippen LogP contribution >= 0.6 is 0 Å². The number of rotatable bonds is 3. The van der Waals surface area contributed by atoms with Gasteiger partial charge in [-0.1, -0.05) is 25.8 Å². The first-order chi connectivity index (χ1) is 7.35. The Kier molecular flexibility index (Phi) is 6.95. The van der Waals surface area contributed by atoms with Crippen LogP contribution < -0.4 is 4.72 Å². The molecule has 0 aliphatic heterocycles. The van der Waals surface area contributed by atoms with Crippen molar-refractivity contribution in [2.24, 2.45) is 0 Å². The van der Waals surface area contributed by atoms with Gasteiger partial charge in [-0.2, -0.15) is 13.1 Å². The maximum Gasteiger partial charge on any atom is 0.333 e. The molecule has 1 aliphatic rings. The lowest BCUT2D eigenvalue weighted by Crippen LogP contribution is -2.35. The molecule has 7 heteroatoms. The lowest BCUT2D eigenvalue weighted by Gasteiger charge is -2.20. The lowest BCUT2D eigenvalue weighted by atomic mass is 9.96. The van der Waals surface area contributed by atoms with Gasteiger partial charge in [-0.3, -0.25) is 4.55 Å². The first-order valence-corrected chi connectivity index (χ1v) is 6.39. The number of nitrogens with one attached hydrogen (secondary N) is 1. The van der Waals surface area contributed by atoms with Crippen molar-refractivity contribution >= 4 is 16.3 Å². The van der Waals surface area contributed by atoms with Gasteiger partial charge in [0.15, 0.2) is 0 Å². The van der Waals surface area contributed by atoms with E-state index in [0.29, 0.717) is 0 Å². The van der Waals surface area contributed by atoms with E-state index in [1.165, 1.54) is 6.42 Å². The van der Waals surface area contributed by atoms with Crippen molar-refractivity contribution < 1.29 is 22.9 Å². The molecule has 0 unspecified atom stereocenters. The molecule has 1 fully saturated rings. The van der Waals surface area contributed by atoms with Crippen molar-refractivity contribution in [3.63, 3.8) is 0 Å². The lowest BCUT2D eigenvalue weighted by molar-refractivity contribution is -0.131. The molecule has 94 valence electrons. The maximum atomic E-state index is 10.3. The molecule has 0 bridgehead atoms. The van der Waals surface area contributed by atoms with Crippen molar-refractivity contribution in [2.75, 3.05) is 0 Å². The van der Waals surface area contributed by atoms with Crippen LogP contribution in [0.2, 0.25) is 0 Å². The molecule has 0 atom stereocenters. The van der Waals surface area contributed by atoms with Crippen LogP contribution in [0.5, 0.6) is 0 Å². The second-order valence-electron chi connectivity index (χ2n) is 3.47. The molecule has 0 aromatic carbocycles. The highest BCUT2D eigenvalue weighted by Gasteiger charge is 2.17. The molecule has 6 nitrogen and oxygen atoms in total. The molecule has 3 N–H and O–H groups in total. The van der Waals surface area contributed by atoms with Gasteiger partial charge in [-0.15, -0.1) is 0 Å². The normalized spacial score (nSPS) is 17.1. The Balaban J connectivity index is 0.000000385. The van der Waals surface area contributed by atoms with E-state index in [4.69, 9.17) is 9.66 Å². The van der Waals surface area contributed by atoms with Crippen LogP contribution in [0.25, 0.3) is 0 Å². The van der Waals surface area contributed by atoms with E-state index < -0.39 is 16.3 Å². The molecule has 0 radical (unpaired) electrons. The Morgan fingerprint density at radius 1 is 1.31 bits per heavy atom. The number of hydrogen-bond donors (Lipinski definition) is 3. The van der Waals surface area contributed by atoms with Crippen LogP contribution in [0, 0.1) is 0 Å². The van der Waals surface area contributed by atoms with Crippen molar-refractivity contribution in [3.05, 3.63) is 12.7 Å². The molecule has 0 heterocycles. The SMILES string of the molecule is C=CC(=O)O.O=S(=O)(O)NC1CCCCC1. The minimum atomic E-state index is -3.97. The Hall–Kier alpha value is -0.920. The van der Waals surface area contributed by atoms with E-state index in [1.54, 1.807) is 0 Å². The number of hydrogen-bond acceptors (Lipinski definition) is 3. The quantitative estimate of drug-likeness (QED) is 0.512. The number of aliphatic carboxylic acids is 1. The zero-order chi connectivity index (χ0) is 12.6. The van der Waals surface area contributed by atoms with Gasteiger partial charge >= 0.3 is 16.3 Å². The van der Waals surface area contributed by atoms with Crippen LogP contribution in [0.15, 0.2) is 12.7 Å². The summed E-state index contributed by atoms with van der Waals surface area (Å²) in [6, 6.07) is -0.0428. The van der Waals surface area contributed by atoms with Gasteiger partial charge in [0.1, 0.15) is 0 Å². The van der Waals surface area contributed by atoms with Gasteiger partial charge in [0.25, 0.3) is 0 Å². The third-order valence-corrected chi connectivity index (χ3v) is 2.73. The second kappa shape index (κ2) is 7.37. The molecule has 0 aromatic rings. The van der Waals surface area contributed by atoms with Crippen molar-refractivity contribution in [2.45, 2.75) is 38.1 Å². The fraction of sp³-hybridized carbons (Fsp3) is 0.667. The summed E-state index contributed by atoms with van der Waals surface area (Å²) in [6.45, 7) is 2.96. The second-order valence-corrected chi connectivity index (χ2v) is 4.66. The average molecular weight is 251 g/mol. The highest BCUT2D eigenvalue weighted by Crippen LogP contribution is 2.17. The topological polar surface area (TPSA) is 104 Å². The van der Waals surface area contributed by atoms with Gasteiger partial charge in [0.2, 0.25) is 0 Å². The standard InChI is InChI=1S/C6H13NO3S.C3H4O2/c8-11(9,10)7-6-4-2-1-3-5-6;1-2-3(4)5/h6-7H,1-5H2,(H,8,9,10);2H,1H2,(H,4,5). The summed E-state index contributed by atoms with van der Waals surface area (Å²) in [5.41, 5.74) is 0. The molecular weight excluding hydrogens is 234 g/mol. The molecule has 0 spiro atoms. The van der Waals surface area contributed by atoms with Crippen LogP contribution in [0.1, 0.15) is 32.1 Å². The van der Waals surface area contributed by atoms with E-state index in [9.17, 15) is 13.2 Å². The van der Waals surface area contributed by atoms with Gasteiger partial charge < -0.3 is 5.11 Å². The summed E-state index contributed by atoms with van der Waals surface area (Å²) < 4.78 is 31.3. The fourth-order valence-electron chi connectivity index (χ4n) is 1.43. The predicted octanol–water partition coefficient (Wildman–Crippen LogP) is 0.968. The monoisotopic (exact) mass is 251 g/mol. The van der Waals surface area contributed by atoms with Crippen LogP contribution in [-0.4, -0.2) is 30.1 Å². The van der Waals surface area contributed by atoms with E-state index in [2.05, 4.69) is 11.3 Å². The van der Waals surface area contributed by atoms with Gasteiger partial charge in [0, 0.05) is 12.1 Å². The van der Waals surface area contributed by atoms with Gasteiger partial charge in [0.05, 0.1) is 0 Å². The average Bonchev–Trinajstić information content (AvgIpc) is 2.17. The molecule has 1 rings (SSSR count). The third-order valence-electron chi connectivity index (χ3n) is 2.10. The molecule has 16 heavy (non-hydrogen) atoms. The predicted molar refractivity (Wildman–Crippen MR) is 59.4 cm³/mol. The van der Waals surface area contributed by atoms with Crippen molar-refractivity contribution in [1.82, 2.24) is 4.72 Å². The number of carboxylic acids is 1. The summed E-state index contributed by atoms with van der Waals surface area (Å²) in [5, 5.41) is 7.60. The van der Waals surface area contributed by atoms with E-state index in [1.807, 2.05) is 0 Å². The fourth-order valence-corrected chi connectivity index (χ4v) is 2.09. The Bertz CT molecular complexity index is 319. The van der Waals surface area contributed by atoms with Gasteiger partial charge in [-0.05, 0) is 12.8 Å². The Labute approximate surface area is 95.2 Å². The minimum absolute atomic E-state index is 0.0428. The highest BCUT2D eigenvalue weighted by molar-refractivity contribution is 7.83. The molecular formula is C9H17NO5S. The summed E-state index contributed by atoms with van der Waals surface area (Å²) in [4.78, 5) is 9.25. The first-order valence-electron chi connectivity index (χ1n) is 4.95. The van der Waals surface area contributed by atoms with Crippen molar-refractivity contribution in [1.29, 1.82) is 0 Å². The smallest absolute Gasteiger partial charge is 0.333 e. The highest BCUT2D eigenvalue weighted by atomic mass is 32.2. The minimum Gasteiger partial charge on any atom is -0.478 e. The van der Waals surface area contributed by atoms with Crippen LogP contribution in [0.4, 0.5) is 0 Å². The largest absolute Gasteiger partial charge is 0.478 e. The summed E-state index contributed by atoms with van der Waals surface area (Å²) >= 11 is 0. The van der Waals surface area contributed by atoms with Crippen LogP contribution in [0.3, 0.4) is 0 Å². The molecule has 1 aliphatic carbocycles. The third kappa shape index (κ3) is 9.63. The van der Waals surface area contributed by atoms with Crippen LogP contribution in [-0.2, 0) is 15.1 Å². The Morgan fingerprint density at radius 3 is 2.06 bits per heavy atom. The zero-order valence-electron chi connectivity index (χ0n) is 8.92. The molecule has 1 saturated carbocycles. The molecule has 0 aromatic heterocycles. The van der Waals surface area contributed by atoms with Crippen molar-refractivity contribution in [3.8, 4) is 0 Å². The van der Waals surface area contributed by atoms with E-state index in [0.717, 1.165) is 31.8 Å². The zero-order valence-corrected chi connectivity index (χ0v) is 9.74. The summed E-state index contributed by atoms with van der Waals surface area (Å²) in [5.74, 6) is -0.981. The van der Waals surface area contributed by atoms with E-state index in [-0.39, 0.29) is 6.04 Å². The van der Waals surface area contributed by atoms with E-state index >= 15 is 0 Å². The summed E-state index contributed by atoms with van der Waals surface area (Å²) in [6.07, 6.45) is 5.80. The molecule has 0 amide bonds. The summed E-state index contributed by atoms with van der Waals surface area (Å²) in [7, 11) is -3.97. The Morgan fingerprint density at radius 2 is 1.75 bits per heavy atom. The first kappa shape index (κ1) is 15.1. The van der Waals surface area contributed by atoms with Gasteiger partial charge in [-0.25, -0.2) is 4.79 Å². The molecule has 0 saturated heterocycles. The number of carbonyl (C=O) groups is 1.